The highest BCUT2D eigenvalue weighted by atomic mass is 32.1. The van der Waals surface area contributed by atoms with E-state index >= 15 is 0 Å². The van der Waals surface area contributed by atoms with Gasteiger partial charge in [-0.25, -0.2) is 0 Å². The lowest BCUT2D eigenvalue weighted by atomic mass is 9.82. The van der Waals surface area contributed by atoms with Gasteiger partial charge >= 0.3 is 0 Å². The maximum absolute atomic E-state index is 2.42. The highest BCUT2D eigenvalue weighted by molar-refractivity contribution is 7.26. The molecular formula is C37H24S. The van der Waals surface area contributed by atoms with Crippen molar-refractivity contribution in [3.05, 3.63) is 120 Å². The van der Waals surface area contributed by atoms with Crippen LogP contribution in [0.15, 0.2) is 109 Å². The van der Waals surface area contributed by atoms with Crippen LogP contribution in [0.4, 0.5) is 0 Å². The number of rotatable bonds is 1. The van der Waals surface area contributed by atoms with Gasteiger partial charge in [0.05, 0.1) is 0 Å². The van der Waals surface area contributed by atoms with Crippen molar-refractivity contribution >= 4 is 63.8 Å². The third kappa shape index (κ3) is 2.50. The molecule has 38 heavy (non-hydrogen) atoms. The fourth-order valence-corrected chi connectivity index (χ4v) is 8.37. The average Bonchev–Trinajstić information content (AvgIpc) is 3.43. The summed E-state index contributed by atoms with van der Waals surface area (Å²) in [6.07, 6.45) is 0. The van der Waals surface area contributed by atoms with E-state index < -0.39 is 0 Å². The molecule has 1 aliphatic carbocycles. The maximum Gasteiger partial charge on any atom is 0.0361 e. The van der Waals surface area contributed by atoms with Gasteiger partial charge in [-0.05, 0) is 77.8 Å². The number of benzene rings is 7. The first-order chi connectivity index (χ1) is 18.6. The lowest BCUT2D eigenvalue weighted by Crippen LogP contribution is -2.14. The van der Waals surface area contributed by atoms with Gasteiger partial charge in [-0.15, -0.1) is 11.3 Å². The van der Waals surface area contributed by atoms with Crippen molar-refractivity contribution in [3.63, 3.8) is 0 Å². The van der Waals surface area contributed by atoms with Crippen molar-refractivity contribution in [2.24, 2.45) is 0 Å². The zero-order valence-electron chi connectivity index (χ0n) is 21.3. The molecule has 0 saturated carbocycles. The minimum atomic E-state index is 0.0238. The van der Waals surface area contributed by atoms with Gasteiger partial charge in [-0.2, -0.15) is 0 Å². The van der Waals surface area contributed by atoms with Crippen LogP contribution in [-0.4, -0.2) is 0 Å². The summed E-state index contributed by atoms with van der Waals surface area (Å²) in [5.41, 5.74) is 8.34. The Hall–Kier alpha value is -4.20. The Kier molecular flexibility index (Phi) is 3.84. The van der Waals surface area contributed by atoms with Crippen molar-refractivity contribution in [2.75, 3.05) is 0 Å². The van der Waals surface area contributed by atoms with E-state index in [1.165, 1.54) is 85.9 Å². The number of thiophene rings is 1. The molecule has 7 aromatic carbocycles. The van der Waals surface area contributed by atoms with E-state index in [2.05, 4.69) is 123 Å². The van der Waals surface area contributed by atoms with Crippen LogP contribution >= 0.6 is 11.3 Å². The molecule has 0 nitrogen and oxygen atoms in total. The Morgan fingerprint density at radius 1 is 0.500 bits per heavy atom. The lowest BCUT2D eigenvalue weighted by molar-refractivity contribution is 0.661. The van der Waals surface area contributed by atoms with Gasteiger partial charge < -0.3 is 0 Å². The predicted molar refractivity (Wildman–Crippen MR) is 166 cm³/mol. The molecule has 0 N–H and O–H groups in total. The summed E-state index contributed by atoms with van der Waals surface area (Å²) < 4.78 is 2.73. The summed E-state index contributed by atoms with van der Waals surface area (Å²) in [5.74, 6) is 0. The molecule has 1 aliphatic rings. The molecule has 1 aromatic heterocycles. The van der Waals surface area contributed by atoms with Gasteiger partial charge in [0.1, 0.15) is 0 Å². The zero-order valence-corrected chi connectivity index (χ0v) is 22.1. The molecule has 1 heteroatoms. The van der Waals surface area contributed by atoms with Crippen molar-refractivity contribution < 1.29 is 0 Å². The van der Waals surface area contributed by atoms with Gasteiger partial charge in [0.15, 0.2) is 0 Å². The second kappa shape index (κ2) is 7.01. The standard InChI is InChI=1S/C37H24S/c1-37(2)29-9-4-3-8-27(29)35-30(37)18-19-31-36(35)28-17-14-24(20-32(28)38-31)25-15-12-23-11-10-21-6-5-7-22-13-16-26(25)34(23)33(21)22/h3-20H,1-2H3. The minimum Gasteiger partial charge on any atom is -0.135 e. The smallest absolute Gasteiger partial charge is 0.0361 e. The van der Waals surface area contributed by atoms with Crippen molar-refractivity contribution in [1.82, 2.24) is 0 Å². The normalized spacial score (nSPS) is 14.3. The molecule has 0 fully saturated rings. The second-order valence-electron chi connectivity index (χ2n) is 11.3. The number of fused-ring (bicyclic) bond motifs is 7. The van der Waals surface area contributed by atoms with Gasteiger partial charge in [-0.1, -0.05) is 111 Å². The predicted octanol–water partition coefficient (Wildman–Crippen LogP) is 10.9. The first kappa shape index (κ1) is 20.8. The van der Waals surface area contributed by atoms with E-state index in [-0.39, 0.29) is 5.41 Å². The SMILES string of the molecule is CC1(C)c2ccccc2-c2c1ccc1sc3cc(-c4ccc5ccc6cccc7ccc4c5c67)ccc3c21. The largest absolute Gasteiger partial charge is 0.135 e. The van der Waals surface area contributed by atoms with Crippen molar-refractivity contribution in [2.45, 2.75) is 19.3 Å². The van der Waals surface area contributed by atoms with Crippen LogP contribution in [0.25, 0.3) is 74.7 Å². The molecule has 9 rings (SSSR count). The lowest BCUT2D eigenvalue weighted by Gasteiger charge is -2.21. The van der Waals surface area contributed by atoms with Crippen molar-refractivity contribution in [3.8, 4) is 22.3 Å². The van der Waals surface area contributed by atoms with E-state index in [4.69, 9.17) is 0 Å². The second-order valence-corrected chi connectivity index (χ2v) is 12.4. The summed E-state index contributed by atoms with van der Waals surface area (Å²) in [6, 6.07) is 41.2. The maximum atomic E-state index is 2.42. The van der Waals surface area contributed by atoms with Gasteiger partial charge in [0.2, 0.25) is 0 Å². The highest BCUT2D eigenvalue weighted by Crippen LogP contribution is 2.54. The van der Waals surface area contributed by atoms with Gasteiger partial charge in [0, 0.05) is 25.6 Å². The summed E-state index contributed by atoms with van der Waals surface area (Å²) >= 11 is 1.92. The Morgan fingerprint density at radius 2 is 1.24 bits per heavy atom. The molecule has 1 heterocycles. The fourth-order valence-electron chi connectivity index (χ4n) is 7.21. The number of hydrogen-bond acceptors (Lipinski definition) is 1. The molecule has 0 aliphatic heterocycles. The van der Waals surface area contributed by atoms with Gasteiger partial charge in [-0.3, -0.25) is 0 Å². The molecular weight excluding hydrogens is 476 g/mol. The highest BCUT2D eigenvalue weighted by Gasteiger charge is 2.36. The molecule has 0 amide bonds. The van der Waals surface area contributed by atoms with E-state index in [0.717, 1.165) is 0 Å². The Labute approximate surface area is 225 Å². The van der Waals surface area contributed by atoms with Crippen molar-refractivity contribution in [1.29, 1.82) is 0 Å². The Bertz CT molecular complexity index is 2240. The third-order valence-corrected chi connectivity index (χ3v) is 10.1. The van der Waals surface area contributed by atoms with Crippen LogP contribution in [0.2, 0.25) is 0 Å². The van der Waals surface area contributed by atoms with Crippen LogP contribution < -0.4 is 0 Å². The van der Waals surface area contributed by atoms with Crippen LogP contribution in [0, 0.1) is 0 Å². The summed E-state index contributed by atoms with van der Waals surface area (Å²) in [7, 11) is 0. The Morgan fingerprint density at radius 3 is 2.11 bits per heavy atom. The summed E-state index contributed by atoms with van der Waals surface area (Å²) in [4.78, 5) is 0. The molecule has 0 spiro atoms. The summed E-state index contributed by atoms with van der Waals surface area (Å²) in [6.45, 7) is 4.73. The van der Waals surface area contributed by atoms with E-state index in [1.54, 1.807) is 0 Å². The van der Waals surface area contributed by atoms with E-state index in [9.17, 15) is 0 Å². The first-order valence-corrected chi connectivity index (χ1v) is 14.2. The van der Waals surface area contributed by atoms with Crippen LogP contribution in [0.3, 0.4) is 0 Å². The summed E-state index contributed by atoms with van der Waals surface area (Å²) in [5, 5.41) is 10.8. The van der Waals surface area contributed by atoms with Crippen LogP contribution in [-0.2, 0) is 5.41 Å². The molecule has 0 saturated heterocycles. The molecule has 0 unspecified atom stereocenters. The first-order valence-electron chi connectivity index (χ1n) is 13.4. The molecule has 178 valence electrons. The van der Waals surface area contributed by atoms with Crippen LogP contribution in [0.5, 0.6) is 0 Å². The van der Waals surface area contributed by atoms with E-state index in [1.807, 2.05) is 11.3 Å². The Balaban J connectivity index is 1.32. The molecule has 0 radical (unpaired) electrons. The van der Waals surface area contributed by atoms with Gasteiger partial charge in [0.25, 0.3) is 0 Å². The zero-order chi connectivity index (χ0) is 25.2. The quantitative estimate of drug-likeness (QED) is 0.197. The molecule has 0 bridgehead atoms. The average molecular weight is 501 g/mol. The molecule has 0 atom stereocenters. The molecule has 8 aromatic rings. The van der Waals surface area contributed by atoms with E-state index in [0.29, 0.717) is 0 Å². The minimum absolute atomic E-state index is 0.0238. The number of hydrogen-bond donors (Lipinski definition) is 0. The monoisotopic (exact) mass is 500 g/mol. The topological polar surface area (TPSA) is 0 Å². The van der Waals surface area contributed by atoms with Crippen LogP contribution in [0.1, 0.15) is 25.0 Å². The fraction of sp³-hybridized carbons (Fsp3) is 0.0811. The third-order valence-electron chi connectivity index (χ3n) is 9.02.